The van der Waals surface area contributed by atoms with Crippen molar-refractivity contribution in [3.05, 3.63) is 54.1 Å². The van der Waals surface area contributed by atoms with Gasteiger partial charge in [0.25, 0.3) is 0 Å². The highest BCUT2D eigenvalue weighted by molar-refractivity contribution is 14.0. The third-order valence-electron chi connectivity index (χ3n) is 5.36. The second kappa shape index (κ2) is 12.6. The van der Waals surface area contributed by atoms with Crippen LogP contribution in [0, 0.1) is 0 Å². The first-order valence-corrected chi connectivity index (χ1v) is 10.4. The average molecular weight is 523 g/mol. The van der Waals surface area contributed by atoms with E-state index in [1.54, 1.807) is 7.11 Å². The monoisotopic (exact) mass is 523 g/mol. The highest BCUT2D eigenvalue weighted by atomic mass is 127. The van der Waals surface area contributed by atoms with Gasteiger partial charge in [0.15, 0.2) is 5.96 Å². The number of guanidine groups is 1. The van der Waals surface area contributed by atoms with Gasteiger partial charge >= 0.3 is 0 Å². The van der Waals surface area contributed by atoms with Gasteiger partial charge in [-0.15, -0.1) is 24.0 Å². The van der Waals surface area contributed by atoms with Gasteiger partial charge in [-0.2, -0.15) is 0 Å². The lowest BCUT2D eigenvalue weighted by Crippen LogP contribution is -2.46. The molecule has 1 aliphatic rings. The molecule has 2 aromatic carbocycles. The number of hydrogen-bond donors (Lipinski definition) is 2. The standard InChI is InChI=1S/C23H33N5O.HI/c1-3-19-5-7-20(8-6-19)26-23(24)25-13-4-14-27-15-17-28(18-16-27)21-9-11-22(29-2)12-10-21;/h5-12H,3-4,13-18H2,1-2H3,(H3,24,25,26);1H. The molecule has 1 aliphatic heterocycles. The number of hydrogen-bond acceptors (Lipinski definition) is 4. The number of piperazine rings is 1. The molecule has 0 radical (unpaired) electrons. The number of rotatable bonds is 8. The molecule has 0 atom stereocenters. The number of ether oxygens (including phenoxy) is 1. The summed E-state index contributed by atoms with van der Waals surface area (Å²) in [7, 11) is 1.70. The van der Waals surface area contributed by atoms with E-state index in [0.717, 1.165) is 63.5 Å². The van der Waals surface area contributed by atoms with Crippen molar-refractivity contribution in [2.75, 3.05) is 56.6 Å². The second-order valence-electron chi connectivity index (χ2n) is 7.32. The number of halogens is 1. The molecule has 1 heterocycles. The van der Waals surface area contributed by atoms with Crippen LogP contribution in [0.1, 0.15) is 18.9 Å². The van der Waals surface area contributed by atoms with Gasteiger partial charge in [0.2, 0.25) is 0 Å². The Hall–Kier alpha value is -2.00. The summed E-state index contributed by atoms with van der Waals surface area (Å²) in [5, 5.41) is 3.16. The van der Waals surface area contributed by atoms with Crippen LogP contribution in [0.3, 0.4) is 0 Å². The van der Waals surface area contributed by atoms with Gasteiger partial charge in [0.1, 0.15) is 5.75 Å². The largest absolute Gasteiger partial charge is 0.497 e. The Labute approximate surface area is 197 Å². The summed E-state index contributed by atoms with van der Waals surface area (Å²) in [6.45, 7) is 8.20. The minimum absolute atomic E-state index is 0. The van der Waals surface area contributed by atoms with Crippen LogP contribution >= 0.6 is 24.0 Å². The van der Waals surface area contributed by atoms with Crippen LogP contribution in [0.15, 0.2) is 53.5 Å². The summed E-state index contributed by atoms with van der Waals surface area (Å²) in [4.78, 5) is 9.39. The Kier molecular flexibility index (Phi) is 10.2. The van der Waals surface area contributed by atoms with Gasteiger partial charge in [0.05, 0.1) is 7.11 Å². The first-order valence-electron chi connectivity index (χ1n) is 10.4. The molecule has 0 unspecified atom stereocenters. The van der Waals surface area contributed by atoms with E-state index < -0.39 is 0 Å². The molecular formula is C23H34IN5O. The molecule has 2 aromatic rings. The maximum atomic E-state index is 6.01. The summed E-state index contributed by atoms with van der Waals surface area (Å²) in [5.74, 6) is 1.39. The van der Waals surface area contributed by atoms with E-state index in [9.17, 15) is 0 Å². The van der Waals surface area contributed by atoms with Crippen LogP contribution in [0.5, 0.6) is 5.75 Å². The summed E-state index contributed by atoms with van der Waals surface area (Å²) in [5.41, 5.74) is 9.58. The van der Waals surface area contributed by atoms with Crippen LogP contribution in [-0.2, 0) is 6.42 Å². The fourth-order valence-corrected chi connectivity index (χ4v) is 3.53. The highest BCUT2D eigenvalue weighted by Crippen LogP contribution is 2.20. The van der Waals surface area contributed by atoms with Crippen LogP contribution in [0.25, 0.3) is 0 Å². The summed E-state index contributed by atoms with van der Waals surface area (Å²) in [6.07, 6.45) is 2.05. The summed E-state index contributed by atoms with van der Waals surface area (Å²) >= 11 is 0. The molecule has 1 fully saturated rings. The maximum absolute atomic E-state index is 6.01. The SMILES string of the molecule is CCc1ccc(NC(N)=NCCCN2CCN(c3ccc(OC)cc3)CC2)cc1.I. The summed E-state index contributed by atoms with van der Waals surface area (Å²) in [6, 6.07) is 16.6. The van der Waals surface area contributed by atoms with Crippen LogP contribution < -0.4 is 20.7 Å². The lowest BCUT2D eigenvalue weighted by Gasteiger charge is -2.36. The number of nitrogens with zero attached hydrogens (tertiary/aromatic N) is 3. The van der Waals surface area contributed by atoms with Gasteiger partial charge in [0, 0.05) is 50.6 Å². The molecule has 6 nitrogen and oxygen atoms in total. The van der Waals surface area contributed by atoms with Crippen molar-refractivity contribution in [3.63, 3.8) is 0 Å². The highest BCUT2D eigenvalue weighted by Gasteiger charge is 2.16. The van der Waals surface area contributed by atoms with E-state index in [2.05, 4.69) is 51.3 Å². The molecule has 0 saturated carbocycles. The number of benzene rings is 2. The minimum atomic E-state index is 0. The fourth-order valence-electron chi connectivity index (χ4n) is 3.53. The van der Waals surface area contributed by atoms with Gasteiger partial charge in [-0.3, -0.25) is 9.89 Å². The first-order chi connectivity index (χ1) is 14.2. The predicted molar refractivity (Wildman–Crippen MR) is 138 cm³/mol. The van der Waals surface area contributed by atoms with Crippen molar-refractivity contribution in [1.82, 2.24) is 4.90 Å². The van der Waals surface area contributed by atoms with Crippen molar-refractivity contribution in [3.8, 4) is 5.75 Å². The van der Waals surface area contributed by atoms with E-state index in [4.69, 9.17) is 10.5 Å². The van der Waals surface area contributed by atoms with Gasteiger partial charge in [-0.1, -0.05) is 19.1 Å². The quantitative estimate of drug-likeness (QED) is 0.239. The minimum Gasteiger partial charge on any atom is -0.497 e. The number of nitrogens with one attached hydrogen (secondary N) is 1. The van der Waals surface area contributed by atoms with Gasteiger partial charge in [-0.25, -0.2) is 0 Å². The summed E-state index contributed by atoms with van der Waals surface area (Å²) < 4.78 is 5.24. The molecule has 0 bridgehead atoms. The van der Waals surface area contributed by atoms with Crippen LogP contribution in [-0.4, -0.2) is 57.2 Å². The zero-order valence-corrected chi connectivity index (χ0v) is 20.3. The smallest absolute Gasteiger partial charge is 0.193 e. The maximum Gasteiger partial charge on any atom is 0.193 e. The number of aliphatic imine (C=N–C) groups is 1. The first kappa shape index (κ1) is 24.3. The average Bonchev–Trinajstić information content (AvgIpc) is 2.78. The predicted octanol–water partition coefficient (Wildman–Crippen LogP) is 3.81. The molecular weight excluding hydrogens is 489 g/mol. The zero-order valence-electron chi connectivity index (χ0n) is 18.0. The normalized spacial score (nSPS) is 14.9. The molecule has 0 aromatic heterocycles. The Bertz CT molecular complexity index is 771. The molecule has 164 valence electrons. The molecule has 7 heteroatoms. The Morgan fingerprint density at radius 3 is 2.30 bits per heavy atom. The topological polar surface area (TPSA) is 66.1 Å². The van der Waals surface area contributed by atoms with Crippen LogP contribution in [0.4, 0.5) is 11.4 Å². The lowest BCUT2D eigenvalue weighted by atomic mass is 10.1. The number of anilines is 2. The molecule has 30 heavy (non-hydrogen) atoms. The molecule has 3 N–H and O–H groups in total. The lowest BCUT2D eigenvalue weighted by molar-refractivity contribution is 0.256. The van der Waals surface area contributed by atoms with E-state index in [1.165, 1.54) is 11.3 Å². The molecule has 1 saturated heterocycles. The molecule has 0 aliphatic carbocycles. The molecule has 0 spiro atoms. The van der Waals surface area contributed by atoms with E-state index in [-0.39, 0.29) is 24.0 Å². The van der Waals surface area contributed by atoms with Crippen molar-refractivity contribution < 1.29 is 4.74 Å². The van der Waals surface area contributed by atoms with Gasteiger partial charge in [-0.05, 0) is 54.8 Å². The van der Waals surface area contributed by atoms with Crippen molar-refractivity contribution in [2.45, 2.75) is 19.8 Å². The number of methoxy groups -OCH3 is 1. The van der Waals surface area contributed by atoms with Crippen molar-refractivity contribution >= 4 is 41.3 Å². The van der Waals surface area contributed by atoms with Crippen molar-refractivity contribution in [1.29, 1.82) is 0 Å². The Morgan fingerprint density at radius 2 is 1.70 bits per heavy atom. The van der Waals surface area contributed by atoms with E-state index in [1.807, 2.05) is 24.3 Å². The number of aryl methyl sites for hydroxylation is 1. The third-order valence-corrected chi connectivity index (χ3v) is 5.36. The van der Waals surface area contributed by atoms with E-state index >= 15 is 0 Å². The number of nitrogens with two attached hydrogens (primary N) is 1. The Morgan fingerprint density at radius 1 is 1.03 bits per heavy atom. The fraction of sp³-hybridized carbons (Fsp3) is 0.435. The zero-order chi connectivity index (χ0) is 20.5. The Balaban J connectivity index is 0.00000320. The third kappa shape index (κ3) is 7.36. The van der Waals surface area contributed by atoms with Crippen LogP contribution in [0.2, 0.25) is 0 Å². The molecule has 3 rings (SSSR count). The molecule has 0 amide bonds. The second-order valence-corrected chi connectivity index (χ2v) is 7.32. The van der Waals surface area contributed by atoms with Crippen molar-refractivity contribution in [2.24, 2.45) is 10.7 Å². The van der Waals surface area contributed by atoms with Gasteiger partial charge < -0.3 is 20.7 Å². The van der Waals surface area contributed by atoms with E-state index in [0.29, 0.717) is 5.96 Å².